The van der Waals surface area contributed by atoms with E-state index in [-0.39, 0.29) is 30.6 Å². The number of hydrogen-bond acceptors (Lipinski definition) is 3. The molecule has 14 heavy (non-hydrogen) atoms. The van der Waals surface area contributed by atoms with Crippen molar-refractivity contribution in [3.63, 3.8) is 0 Å². The van der Waals surface area contributed by atoms with Gasteiger partial charge in [-0.3, -0.25) is 0 Å². The minimum absolute atomic E-state index is 0. The Morgan fingerprint density at radius 3 is 2.43 bits per heavy atom. The number of carbonyl (C=O) groups excluding carboxylic acids is 1. The fraction of sp³-hybridized carbons (Fsp3) is 0.667. The van der Waals surface area contributed by atoms with Crippen molar-refractivity contribution in [1.29, 1.82) is 0 Å². The van der Waals surface area contributed by atoms with Gasteiger partial charge in [0.25, 0.3) is 0 Å². The third-order valence-electron chi connectivity index (χ3n) is 1.34. The fourth-order valence-electron chi connectivity index (χ4n) is 0.922. The van der Waals surface area contributed by atoms with E-state index in [1.807, 2.05) is 21.1 Å². The monoisotopic (exact) mass is 315 g/mol. The first-order valence-corrected chi connectivity index (χ1v) is 4.13. The average molecular weight is 315 g/mol. The van der Waals surface area contributed by atoms with Crippen LogP contribution >= 0.6 is 0 Å². The number of esters is 1. The van der Waals surface area contributed by atoms with Crippen LogP contribution in [0.1, 0.15) is 0 Å². The van der Waals surface area contributed by atoms with Gasteiger partial charge in [0.15, 0.2) is 0 Å². The molecule has 0 radical (unpaired) electrons. The van der Waals surface area contributed by atoms with Crippen LogP contribution in [0.4, 0.5) is 0 Å². The molecule has 1 N–H and O–H groups in total. The van der Waals surface area contributed by atoms with Crippen molar-refractivity contribution in [2.75, 3.05) is 34.3 Å². The number of halogens is 1. The summed E-state index contributed by atoms with van der Waals surface area (Å²) in [7, 11) is 5.87. The maximum Gasteiger partial charge on any atom is 0.330 e. The molecule has 0 amide bonds. The van der Waals surface area contributed by atoms with Crippen LogP contribution in [0, 0.1) is 0 Å². The highest BCUT2D eigenvalue weighted by Gasteiger charge is 2.16. The lowest BCUT2D eigenvalue weighted by molar-refractivity contribution is -0.873. The molecule has 1 unspecified atom stereocenters. The molecular weight excluding hydrogens is 297 g/mol. The van der Waals surface area contributed by atoms with E-state index in [0.717, 1.165) is 6.08 Å². The van der Waals surface area contributed by atoms with Crippen molar-refractivity contribution >= 4 is 5.97 Å². The Morgan fingerprint density at radius 2 is 2.07 bits per heavy atom. The highest BCUT2D eigenvalue weighted by molar-refractivity contribution is 5.81. The summed E-state index contributed by atoms with van der Waals surface area (Å²) in [5.41, 5.74) is 0. The lowest BCUT2D eigenvalue weighted by Gasteiger charge is -2.26. The summed E-state index contributed by atoms with van der Waals surface area (Å²) in [6, 6.07) is 0. The van der Waals surface area contributed by atoms with E-state index >= 15 is 0 Å². The standard InChI is InChI=1S/C9H18NO3.HI/c1-5-9(12)13-7-8(11)6-10(2,3)4;/h5,8,11H,1,6-7H2,2-4H3;1H/q+1;/p-1. The van der Waals surface area contributed by atoms with Crippen LogP contribution in [0.2, 0.25) is 0 Å². The zero-order valence-electron chi connectivity index (χ0n) is 8.86. The molecule has 1 atom stereocenters. The molecule has 0 aliphatic carbocycles. The van der Waals surface area contributed by atoms with Gasteiger partial charge in [-0.05, 0) is 0 Å². The van der Waals surface area contributed by atoms with Crippen molar-refractivity contribution in [2.24, 2.45) is 0 Å². The van der Waals surface area contributed by atoms with Gasteiger partial charge in [0.05, 0.1) is 21.1 Å². The minimum atomic E-state index is -0.621. The molecule has 0 saturated heterocycles. The van der Waals surface area contributed by atoms with Crippen molar-refractivity contribution < 1.29 is 43.1 Å². The highest BCUT2D eigenvalue weighted by atomic mass is 127. The topological polar surface area (TPSA) is 46.5 Å². The SMILES string of the molecule is C=CC(=O)OCC(O)C[N+](C)(C)C.[I-]. The van der Waals surface area contributed by atoms with Crippen LogP contribution < -0.4 is 24.0 Å². The molecule has 0 aliphatic heterocycles. The predicted molar refractivity (Wildman–Crippen MR) is 50.1 cm³/mol. The molecule has 84 valence electrons. The van der Waals surface area contributed by atoms with E-state index in [1.54, 1.807) is 0 Å². The molecule has 5 heteroatoms. The second-order valence-electron chi connectivity index (χ2n) is 3.96. The van der Waals surface area contributed by atoms with E-state index in [2.05, 4.69) is 11.3 Å². The molecule has 0 spiro atoms. The van der Waals surface area contributed by atoms with E-state index in [1.165, 1.54) is 0 Å². The lowest BCUT2D eigenvalue weighted by Crippen LogP contribution is -3.00. The van der Waals surface area contributed by atoms with Crippen LogP contribution in [0.5, 0.6) is 0 Å². The summed E-state index contributed by atoms with van der Waals surface area (Å²) < 4.78 is 5.31. The molecule has 0 bridgehead atoms. The Balaban J connectivity index is 0. The third kappa shape index (κ3) is 9.94. The van der Waals surface area contributed by atoms with E-state index < -0.39 is 12.1 Å². The Labute approximate surface area is 102 Å². The largest absolute Gasteiger partial charge is 1.00 e. The number of carbonyl (C=O) groups is 1. The maximum atomic E-state index is 10.6. The van der Waals surface area contributed by atoms with Crippen molar-refractivity contribution in [3.05, 3.63) is 12.7 Å². The van der Waals surface area contributed by atoms with Gasteiger partial charge in [-0.25, -0.2) is 4.79 Å². The summed E-state index contributed by atoms with van der Waals surface area (Å²) in [5.74, 6) is -0.500. The van der Waals surface area contributed by atoms with E-state index in [0.29, 0.717) is 11.0 Å². The zero-order valence-corrected chi connectivity index (χ0v) is 11.0. The van der Waals surface area contributed by atoms with Crippen molar-refractivity contribution in [2.45, 2.75) is 6.10 Å². The molecule has 0 rings (SSSR count). The number of ether oxygens (including phenoxy) is 1. The van der Waals surface area contributed by atoms with Gasteiger partial charge in [0.1, 0.15) is 19.3 Å². The first-order chi connectivity index (χ1) is 5.85. The molecule has 0 aromatic carbocycles. The number of aliphatic hydroxyl groups is 1. The number of aliphatic hydroxyl groups excluding tert-OH is 1. The number of nitrogens with zero attached hydrogens (tertiary/aromatic N) is 1. The molecule has 0 heterocycles. The summed E-state index contributed by atoms with van der Waals surface area (Å²) in [6.07, 6.45) is 0.461. The summed E-state index contributed by atoms with van der Waals surface area (Å²) in [5, 5.41) is 9.40. The van der Waals surface area contributed by atoms with Crippen LogP contribution in [-0.2, 0) is 9.53 Å². The molecule has 4 nitrogen and oxygen atoms in total. The van der Waals surface area contributed by atoms with Gasteiger partial charge in [0, 0.05) is 6.08 Å². The van der Waals surface area contributed by atoms with Crippen LogP contribution in [0.15, 0.2) is 12.7 Å². The van der Waals surface area contributed by atoms with Gasteiger partial charge in [-0.15, -0.1) is 0 Å². The molecule has 0 fully saturated rings. The fourth-order valence-corrected chi connectivity index (χ4v) is 0.922. The second-order valence-corrected chi connectivity index (χ2v) is 3.96. The molecule has 0 saturated carbocycles. The van der Waals surface area contributed by atoms with Gasteiger partial charge in [-0.2, -0.15) is 0 Å². The Kier molecular flexibility index (Phi) is 8.37. The van der Waals surface area contributed by atoms with Gasteiger partial charge < -0.3 is 38.3 Å². The first-order valence-electron chi connectivity index (χ1n) is 4.13. The molecule has 0 aromatic rings. The van der Waals surface area contributed by atoms with Crippen molar-refractivity contribution in [3.8, 4) is 0 Å². The number of quaternary nitrogens is 1. The van der Waals surface area contributed by atoms with E-state index in [9.17, 15) is 9.90 Å². The Hall–Kier alpha value is -0.140. The molecule has 0 aromatic heterocycles. The summed E-state index contributed by atoms with van der Waals surface area (Å²) in [4.78, 5) is 10.6. The number of hydrogen-bond donors (Lipinski definition) is 1. The van der Waals surface area contributed by atoms with Gasteiger partial charge in [-0.1, -0.05) is 6.58 Å². The predicted octanol–water partition coefficient (Wildman–Crippen LogP) is -3.21. The summed E-state index contributed by atoms with van der Waals surface area (Å²) >= 11 is 0. The van der Waals surface area contributed by atoms with Gasteiger partial charge >= 0.3 is 5.97 Å². The third-order valence-corrected chi connectivity index (χ3v) is 1.34. The highest BCUT2D eigenvalue weighted by Crippen LogP contribution is 1.95. The van der Waals surface area contributed by atoms with Crippen LogP contribution in [0.3, 0.4) is 0 Å². The van der Waals surface area contributed by atoms with Crippen molar-refractivity contribution in [1.82, 2.24) is 0 Å². The quantitative estimate of drug-likeness (QED) is 0.251. The smallest absolute Gasteiger partial charge is 0.330 e. The van der Waals surface area contributed by atoms with Gasteiger partial charge in [0.2, 0.25) is 0 Å². The lowest BCUT2D eigenvalue weighted by atomic mass is 10.3. The van der Waals surface area contributed by atoms with E-state index in [4.69, 9.17) is 0 Å². The minimum Gasteiger partial charge on any atom is -1.00 e. The zero-order chi connectivity index (χ0) is 10.5. The summed E-state index contributed by atoms with van der Waals surface area (Å²) in [6.45, 7) is 3.83. The maximum absolute atomic E-state index is 10.6. The molecular formula is C9H18INO3. The average Bonchev–Trinajstić information content (AvgIpc) is 1.97. The second kappa shape index (κ2) is 7.19. The van der Waals surface area contributed by atoms with Crippen LogP contribution in [0.25, 0.3) is 0 Å². The normalized spacial score (nSPS) is 12.6. The number of likely N-dealkylation sites (N-methyl/N-ethyl adjacent to an activating group) is 1. The number of rotatable bonds is 5. The van der Waals surface area contributed by atoms with Crippen LogP contribution in [-0.4, -0.2) is 56.0 Å². The first kappa shape index (κ1) is 16.3. The Morgan fingerprint density at radius 1 is 1.57 bits per heavy atom. The molecule has 0 aliphatic rings. The Bertz CT molecular complexity index is 189.